The third-order valence-corrected chi connectivity index (χ3v) is 14.1. The van der Waals surface area contributed by atoms with E-state index in [0.29, 0.717) is 0 Å². The Morgan fingerprint density at radius 2 is 1.00 bits per heavy atom. The van der Waals surface area contributed by atoms with Crippen LogP contribution in [-0.2, 0) is 0 Å². The van der Waals surface area contributed by atoms with E-state index in [2.05, 4.69) is 0 Å². The van der Waals surface area contributed by atoms with Crippen molar-refractivity contribution < 1.29 is 5.25 Å². The van der Waals surface area contributed by atoms with Gasteiger partial charge >= 0.3 is 97.1 Å². The van der Waals surface area contributed by atoms with Crippen LogP contribution in [0.1, 0.15) is 0 Å². The van der Waals surface area contributed by atoms with E-state index in [9.17, 15) is 5.25 Å². The van der Waals surface area contributed by atoms with Crippen LogP contribution in [0.3, 0.4) is 0 Å². The molecular formula is C13H13BiF2. The molecule has 3 heteroatoms. The molecule has 0 aliphatic rings. The third kappa shape index (κ3) is 2.01. The summed E-state index contributed by atoms with van der Waals surface area (Å²) in [7, 11) is 0. The molecule has 0 spiro atoms. The van der Waals surface area contributed by atoms with Gasteiger partial charge in [-0.3, -0.25) is 0 Å². The zero-order valence-electron chi connectivity index (χ0n) is 8.98. The summed E-state index contributed by atoms with van der Waals surface area (Å²) in [6, 6.07) is 16.4. The summed E-state index contributed by atoms with van der Waals surface area (Å²) in [5, 5.41) is 0. The van der Waals surface area contributed by atoms with Gasteiger partial charge in [0.05, 0.1) is 0 Å². The number of hydrogen-bond donors (Lipinski definition) is 0. The minimum absolute atomic E-state index is 0.222. The molecule has 0 aliphatic heterocycles. The Morgan fingerprint density at radius 1 is 0.688 bits per heavy atom. The SMILES string of the molecule is [CH3][Bi]([F])([F])([c]1ccccc1)[c]1ccccc1. The Balaban J connectivity index is 2.60. The fourth-order valence-electron chi connectivity index (χ4n) is 1.68. The molecule has 0 amide bonds. The van der Waals surface area contributed by atoms with Crippen LogP contribution in [0.15, 0.2) is 60.7 Å². The molecule has 2 aromatic carbocycles. The molecule has 2 aromatic rings. The molecule has 2 rings (SSSR count). The topological polar surface area (TPSA) is 0 Å². The van der Waals surface area contributed by atoms with E-state index in [1.807, 2.05) is 0 Å². The zero-order valence-corrected chi connectivity index (χ0v) is 12.5. The molecule has 0 saturated heterocycles. The minimum atomic E-state index is -5.94. The first-order valence-corrected chi connectivity index (χ1v) is 14.6. The summed E-state index contributed by atoms with van der Waals surface area (Å²) in [4.78, 5) is 0. The van der Waals surface area contributed by atoms with E-state index in [1.54, 1.807) is 60.7 Å². The van der Waals surface area contributed by atoms with Crippen molar-refractivity contribution in [3.63, 3.8) is 0 Å². The van der Waals surface area contributed by atoms with Gasteiger partial charge in [0, 0.05) is 0 Å². The first kappa shape index (κ1) is 11.7. The molecule has 0 saturated carbocycles. The molecule has 0 bridgehead atoms. The van der Waals surface area contributed by atoms with Crippen LogP contribution in [0.25, 0.3) is 0 Å². The summed E-state index contributed by atoms with van der Waals surface area (Å²) >= 11 is -5.94. The summed E-state index contributed by atoms with van der Waals surface area (Å²) in [5.74, 6) is 0. The summed E-state index contributed by atoms with van der Waals surface area (Å²) in [6.45, 7) is 0. The molecule has 0 radical (unpaired) electrons. The summed E-state index contributed by atoms with van der Waals surface area (Å²) < 4.78 is 31.2. The fraction of sp³-hybridized carbons (Fsp3) is 0.0769. The molecule has 0 unspecified atom stereocenters. The molecule has 0 N–H and O–H groups in total. The zero-order chi connectivity index (χ0) is 11.7. The van der Waals surface area contributed by atoms with Crippen molar-refractivity contribution in [1.82, 2.24) is 0 Å². The fourth-order valence-corrected chi connectivity index (χ4v) is 9.40. The van der Waals surface area contributed by atoms with E-state index in [4.69, 9.17) is 0 Å². The normalized spacial score (nSPS) is 14.1. The maximum atomic E-state index is 14.8. The molecule has 0 nitrogen and oxygen atoms in total. The monoisotopic (exact) mass is 416 g/mol. The van der Waals surface area contributed by atoms with Crippen LogP contribution in [0.2, 0.25) is 4.63 Å². The van der Waals surface area contributed by atoms with Gasteiger partial charge in [-0.15, -0.1) is 0 Å². The van der Waals surface area contributed by atoms with Gasteiger partial charge < -0.3 is 0 Å². The van der Waals surface area contributed by atoms with Crippen LogP contribution in [-0.4, -0.2) is 20.0 Å². The van der Waals surface area contributed by atoms with Crippen LogP contribution in [0.4, 0.5) is 5.25 Å². The first-order valence-electron chi connectivity index (χ1n) is 5.05. The van der Waals surface area contributed by atoms with E-state index in [-0.39, 0.29) is 6.54 Å². The van der Waals surface area contributed by atoms with Gasteiger partial charge in [0.1, 0.15) is 0 Å². The molecule has 84 valence electrons. The van der Waals surface area contributed by atoms with Crippen molar-refractivity contribution in [2.24, 2.45) is 0 Å². The molecular weight excluding hydrogens is 403 g/mol. The average Bonchev–Trinajstić information content (AvgIpc) is 2.31. The molecule has 0 aromatic heterocycles. The van der Waals surface area contributed by atoms with Gasteiger partial charge in [0.25, 0.3) is 0 Å². The predicted molar refractivity (Wildman–Crippen MR) is 66.0 cm³/mol. The first-order chi connectivity index (χ1) is 7.49. The van der Waals surface area contributed by atoms with Crippen molar-refractivity contribution in [2.75, 3.05) is 0 Å². The average molecular weight is 416 g/mol. The van der Waals surface area contributed by atoms with Gasteiger partial charge in [-0.2, -0.15) is 0 Å². The van der Waals surface area contributed by atoms with E-state index in [0.717, 1.165) is 4.63 Å². The Bertz CT molecular complexity index is 428. The van der Waals surface area contributed by atoms with Crippen LogP contribution in [0.5, 0.6) is 0 Å². The Hall–Kier alpha value is -0.817. The number of halogens is 2. The van der Waals surface area contributed by atoms with Crippen molar-refractivity contribution in [1.29, 1.82) is 0 Å². The van der Waals surface area contributed by atoms with Crippen LogP contribution < -0.4 is 6.54 Å². The quantitative estimate of drug-likeness (QED) is 0.661. The van der Waals surface area contributed by atoms with Crippen molar-refractivity contribution in [3.05, 3.63) is 60.7 Å². The van der Waals surface area contributed by atoms with Crippen molar-refractivity contribution in [2.45, 2.75) is 4.63 Å². The number of benzene rings is 2. The van der Waals surface area contributed by atoms with Gasteiger partial charge in [0.15, 0.2) is 0 Å². The standard InChI is InChI=1S/2C6H5.CH3.Bi.2FH/c2*1-2-4-6-5-3-1;;;;/h2*1-5H;1H3;;2*1H/q;;;+2;;/p-2. The Morgan fingerprint density at radius 3 is 1.31 bits per heavy atom. The summed E-state index contributed by atoms with van der Waals surface area (Å²) in [5.41, 5.74) is 0. The molecule has 0 heterocycles. The van der Waals surface area contributed by atoms with Crippen molar-refractivity contribution in [3.8, 4) is 0 Å². The second kappa shape index (κ2) is 3.89. The van der Waals surface area contributed by atoms with Gasteiger partial charge in [-0.1, -0.05) is 0 Å². The van der Waals surface area contributed by atoms with Gasteiger partial charge in [0.2, 0.25) is 0 Å². The molecule has 0 aliphatic carbocycles. The van der Waals surface area contributed by atoms with E-state index >= 15 is 0 Å². The van der Waals surface area contributed by atoms with Gasteiger partial charge in [-0.25, -0.2) is 0 Å². The van der Waals surface area contributed by atoms with Gasteiger partial charge in [-0.05, 0) is 0 Å². The third-order valence-electron chi connectivity index (χ3n) is 2.68. The maximum absolute atomic E-state index is 14.8. The van der Waals surface area contributed by atoms with E-state index in [1.165, 1.54) is 0 Å². The van der Waals surface area contributed by atoms with Crippen LogP contribution in [0, 0.1) is 0 Å². The second-order valence-corrected chi connectivity index (χ2v) is 18.1. The number of hydrogen-bond acceptors (Lipinski definition) is 0. The van der Waals surface area contributed by atoms with Crippen molar-refractivity contribution >= 4 is 26.5 Å². The van der Waals surface area contributed by atoms with E-state index < -0.39 is 20.0 Å². The Kier molecular flexibility index (Phi) is 2.83. The second-order valence-electron chi connectivity index (χ2n) is 3.97. The summed E-state index contributed by atoms with van der Waals surface area (Å²) in [6.07, 6.45) is 0. The van der Waals surface area contributed by atoms with Crippen LogP contribution >= 0.6 is 0 Å². The molecule has 16 heavy (non-hydrogen) atoms. The predicted octanol–water partition coefficient (Wildman–Crippen LogP) is 2.77. The number of rotatable bonds is 2. The Labute approximate surface area is 96.8 Å². The molecule has 0 atom stereocenters. The molecule has 0 fully saturated rings.